The molecule has 0 saturated carbocycles. The zero-order valence-corrected chi connectivity index (χ0v) is 29.4. The lowest BCUT2D eigenvalue weighted by molar-refractivity contribution is -0.154. The Morgan fingerprint density at radius 3 is 1.73 bits per heavy atom. The summed E-state index contributed by atoms with van der Waals surface area (Å²) in [5.41, 5.74) is 5.32. The minimum Gasteiger partial charge on any atom is -0.480 e. The van der Waals surface area contributed by atoms with Crippen molar-refractivity contribution < 1.29 is 42.7 Å². The molecule has 0 aliphatic carbocycles. The van der Waals surface area contributed by atoms with Gasteiger partial charge >= 0.3 is 19.8 Å². The van der Waals surface area contributed by atoms with Gasteiger partial charge in [0.15, 0.2) is 0 Å². The number of unbranched alkanes of at least 4 members (excludes halogenated alkanes) is 18. The molecule has 0 rings (SSSR count). The van der Waals surface area contributed by atoms with Crippen molar-refractivity contribution in [1.82, 2.24) is 0 Å². The third-order valence-electron chi connectivity index (χ3n) is 7.54. The molecule has 11 heteroatoms. The zero-order valence-electron chi connectivity index (χ0n) is 28.5. The molecule has 45 heavy (non-hydrogen) atoms. The number of allylic oxidation sites excluding steroid dienone is 2. The number of phosphoric ester groups is 1. The highest BCUT2D eigenvalue weighted by atomic mass is 31.2. The SMILES string of the molecule is CCCCC/C=C\CCCCCCCC(=O)OC(COCCCCCCCCCCCCC)COP(=O)(O)OCC(N)C(=O)O. The molecule has 0 radical (unpaired) electrons. The minimum atomic E-state index is -4.60. The van der Waals surface area contributed by atoms with E-state index in [0.717, 1.165) is 57.8 Å². The van der Waals surface area contributed by atoms with Crippen molar-refractivity contribution in [2.75, 3.05) is 26.4 Å². The van der Waals surface area contributed by atoms with Gasteiger partial charge in [-0.15, -0.1) is 0 Å². The second kappa shape index (κ2) is 31.3. The molecule has 0 fully saturated rings. The number of phosphoric acid groups is 1. The van der Waals surface area contributed by atoms with E-state index in [9.17, 15) is 19.0 Å². The van der Waals surface area contributed by atoms with E-state index in [2.05, 4.69) is 30.5 Å². The smallest absolute Gasteiger partial charge is 0.472 e. The number of aliphatic carboxylic acids is 1. The van der Waals surface area contributed by atoms with E-state index in [-0.39, 0.29) is 13.0 Å². The number of carbonyl (C=O) groups excluding carboxylic acids is 1. The van der Waals surface area contributed by atoms with E-state index in [4.69, 9.17) is 24.8 Å². The summed E-state index contributed by atoms with van der Waals surface area (Å²) >= 11 is 0. The fraction of sp³-hybridized carbons (Fsp3) is 0.882. The molecule has 4 N–H and O–H groups in total. The highest BCUT2D eigenvalue weighted by Crippen LogP contribution is 2.43. The van der Waals surface area contributed by atoms with Crippen LogP contribution in [0.25, 0.3) is 0 Å². The minimum absolute atomic E-state index is 0.0180. The maximum Gasteiger partial charge on any atom is 0.472 e. The van der Waals surface area contributed by atoms with Gasteiger partial charge in [-0.2, -0.15) is 0 Å². The van der Waals surface area contributed by atoms with Crippen molar-refractivity contribution in [3.05, 3.63) is 12.2 Å². The average molecular weight is 664 g/mol. The van der Waals surface area contributed by atoms with Gasteiger partial charge in [0, 0.05) is 13.0 Å². The number of hydrogen-bond donors (Lipinski definition) is 3. The Morgan fingerprint density at radius 1 is 0.689 bits per heavy atom. The van der Waals surface area contributed by atoms with Crippen molar-refractivity contribution >= 4 is 19.8 Å². The van der Waals surface area contributed by atoms with Crippen LogP contribution in [0.5, 0.6) is 0 Å². The number of nitrogens with two attached hydrogens (primary N) is 1. The molecule has 0 aromatic carbocycles. The van der Waals surface area contributed by atoms with E-state index < -0.39 is 45.1 Å². The molecule has 0 aromatic heterocycles. The molecule has 3 atom stereocenters. The number of carbonyl (C=O) groups is 2. The lowest BCUT2D eigenvalue weighted by atomic mass is 10.1. The van der Waals surface area contributed by atoms with Crippen molar-refractivity contribution in [2.24, 2.45) is 5.73 Å². The van der Waals surface area contributed by atoms with Gasteiger partial charge < -0.3 is 25.2 Å². The number of esters is 1. The third-order valence-corrected chi connectivity index (χ3v) is 8.50. The molecule has 0 aliphatic heterocycles. The van der Waals surface area contributed by atoms with Crippen molar-refractivity contribution in [2.45, 2.75) is 167 Å². The van der Waals surface area contributed by atoms with Crippen LogP contribution in [0, 0.1) is 0 Å². The summed E-state index contributed by atoms with van der Waals surface area (Å²) in [6.45, 7) is 3.83. The highest BCUT2D eigenvalue weighted by molar-refractivity contribution is 7.47. The molecular formula is C34H66NO9P. The number of ether oxygens (including phenoxy) is 2. The summed E-state index contributed by atoms with van der Waals surface area (Å²) in [4.78, 5) is 33.3. The van der Waals surface area contributed by atoms with E-state index in [1.165, 1.54) is 70.6 Å². The van der Waals surface area contributed by atoms with Crippen molar-refractivity contribution in [3.8, 4) is 0 Å². The lowest BCUT2D eigenvalue weighted by Gasteiger charge is -2.20. The van der Waals surface area contributed by atoms with Crippen LogP contribution < -0.4 is 5.73 Å². The molecule has 266 valence electrons. The zero-order chi connectivity index (χ0) is 33.4. The Bertz CT molecular complexity index is 781. The van der Waals surface area contributed by atoms with Crippen LogP contribution in [-0.4, -0.2) is 60.5 Å². The monoisotopic (exact) mass is 663 g/mol. The van der Waals surface area contributed by atoms with Gasteiger partial charge in [-0.25, -0.2) is 4.57 Å². The summed E-state index contributed by atoms with van der Waals surface area (Å²) in [5, 5.41) is 8.84. The second-order valence-electron chi connectivity index (χ2n) is 12.0. The Morgan fingerprint density at radius 2 is 1.16 bits per heavy atom. The molecular weight excluding hydrogens is 597 g/mol. The Hall–Kier alpha value is -1.29. The van der Waals surface area contributed by atoms with Gasteiger partial charge in [0.05, 0.1) is 19.8 Å². The summed E-state index contributed by atoms with van der Waals surface area (Å²) in [5.74, 6) is -1.79. The first-order valence-corrected chi connectivity index (χ1v) is 19.2. The van der Waals surface area contributed by atoms with Gasteiger partial charge in [-0.1, -0.05) is 122 Å². The van der Waals surface area contributed by atoms with Crippen LogP contribution in [0.15, 0.2) is 12.2 Å². The molecule has 0 bridgehead atoms. The standard InChI is InChI=1S/C34H66NO9P/c1-3-5-7-9-11-13-15-16-18-20-22-24-26-33(36)44-31(29-42-45(39,40)43-30-32(35)34(37)38)28-41-27-25-23-21-19-17-14-12-10-8-6-4-2/h11,13,31-32H,3-10,12,14-30,35H2,1-2H3,(H,37,38)(H,39,40)/b13-11-. The summed E-state index contributed by atoms with van der Waals surface area (Å²) < 4.78 is 33.1. The van der Waals surface area contributed by atoms with Gasteiger partial charge in [-0.05, 0) is 38.5 Å². The second-order valence-corrected chi connectivity index (χ2v) is 13.5. The van der Waals surface area contributed by atoms with Gasteiger partial charge in [0.2, 0.25) is 0 Å². The number of carboxylic acid groups (broad SMARTS) is 1. The predicted octanol–water partition coefficient (Wildman–Crippen LogP) is 8.64. The Labute approximate surface area is 273 Å². The molecule has 0 spiro atoms. The van der Waals surface area contributed by atoms with Crippen LogP contribution in [0.4, 0.5) is 0 Å². The van der Waals surface area contributed by atoms with Gasteiger partial charge in [0.25, 0.3) is 0 Å². The van der Waals surface area contributed by atoms with Crippen molar-refractivity contribution in [3.63, 3.8) is 0 Å². The number of rotatable bonds is 34. The average Bonchev–Trinajstić information content (AvgIpc) is 3.01. The summed E-state index contributed by atoms with van der Waals surface area (Å²) in [6, 6.07) is -1.47. The molecule has 0 aromatic rings. The van der Waals surface area contributed by atoms with E-state index >= 15 is 0 Å². The van der Waals surface area contributed by atoms with Crippen LogP contribution >= 0.6 is 7.82 Å². The Kier molecular flexibility index (Phi) is 30.4. The number of hydrogen-bond acceptors (Lipinski definition) is 8. The first kappa shape index (κ1) is 43.7. The quantitative estimate of drug-likeness (QED) is 0.0264. The molecule has 0 aliphatic rings. The van der Waals surface area contributed by atoms with Gasteiger partial charge in [0.1, 0.15) is 12.1 Å². The maximum atomic E-state index is 12.5. The molecule has 10 nitrogen and oxygen atoms in total. The topological polar surface area (TPSA) is 155 Å². The van der Waals surface area contributed by atoms with Crippen LogP contribution in [0.2, 0.25) is 0 Å². The summed E-state index contributed by atoms with van der Waals surface area (Å²) in [7, 11) is -4.60. The fourth-order valence-corrected chi connectivity index (χ4v) is 5.49. The Balaban J connectivity index is 4.35. The predicted molar refractivity (Wildman–Crippen MR) is 180 cm³/mol. The first-order valence-electron chi connectivity index (χ1n) is 17.7. The largest absolute Gasteiger partial charge is 0.480 e. The van der Waals surface area contributed by atoms with E-state index in [1.807, 2.05) is 0 Å². The highest BCUT2D eigenvalue weighted by Gasteiger charge is 2.27. The lowest BCUT2D eigenvalue weighted by Crippen LogP contribution is -2.34. The molecule has 0 saturated heterocycles. The third kappa shape index (κ3) is 31.1. The van der Waals surface area contributed by atoms with E-state index in [1.54, 1.807) is 0 Å². The van der Waals surface area contributed by atoms with Crippen LogP contribution in [0.3, 0.4) is 0 Å². The fourth-order valence-electron chi connectivity index (χ4n) is 4.71. The number of carboxylic acids is 1. The maximum absolute atomic E-state index is 12.5. The van der Waals surface area contributed by atoms with E-state index in [0.29, 0.717) is 13.0 Å². The summed E-state index contributed by atoms with van der Waals surface area (Å²) in [6.07, 6.45) is 28.3. The normalized spacial score (nSPS) is 14.4. The van der Waals surface area contributed by atoms with Crippen LogP contribution in [0.1, 0.15) is 155 Å². The molecule has 3 unspecified atom stereocenters. The molecule has 0 heterocycles. The van der Waals surface area contributed by atoms with Gasteiger partial charge in [-0.3, -0.25) is 18.6 Å². The van der Waals surface area contributed by atoms with Crippen molar-refractivity contribution in [1.29, 1.82) is 0 Å². The molecule has 0 amide bonds. The first-order chi connectivity index (χ1) is 21.7. The van der Waals surface area contributed by atoms with Crippen LogP contribution in [-0.2, 0) is 32.7 Å².